The van der Waals surface area contributed by atoms with Crippen molar-refractivity contribution in [1.29, 1.82) is 0 Å². The topological polar surface area (TPSA) is 98.4 Å². The van der Waals surface area contributed by atoms with E-state index in [2.05, 4.69) is 15.9 Å². The molecule has 162 valence electrons. The van der Waals surface area contributed by atoms with E-state index in [1.54, 1.807) is 48.5 Å². The van der Waals surface area contributed by atoms with E-state index in [1.807, 2.05) is 0 Å². The second-order valence-electron chi connectivity index (χ2n) is 7.07. The average molecular weight is 498 g/mol. The smallest absolute Gasteiger partial charge is 0.300 e. The van der Waals surface area contributed by atoms with Crippen LogP contribution in [0.1, 0.15) is 17.4 Å². The van der Waals surface area contributed by atoms with Gasteiger partial charge in [-0.25, -0.2) is 0 Å². The number of benzene rings is 2. The zero-order valence-electron chi connectivity index (χ0n) is 16.7. The van der Waals surface area contributed by atoms with Crippen molar-refractivity contribution < 1.29 is 33.3 Å². The molecule has 2 aliphatic heterocycles. The van der Waals surface area contributed by atoms with Crippen LogP contribution in [-0.2, 0) is 9.59 Å². The Hall–Kier alpha value is -3.72. The lowest BCUT2D eigenvalue weighted by Gasteiger charge is -2.23. The Kier molecular flexibility index (Phi) is 4.90. The SMILES string of the molecule is COc1ccc(/C(O)=C2/C(=O)C(=O)N(c3ccc4c(c3)OCO4)C2c2ccco2)cc1Br. The van der Waals surface area contributed by atoms with Crippen LogP contribution < -0.4 is 19.1 Å². The average Bonchev–Trinajstić information content (AvgIpc) is 3.53. The maximum Gasteiger partial charge on any atom is 0.300 e. The summed E-state index contributed by atoms with van der Waals surface area (Å²) in [4.78, 5) is 27.5. The summed E-state index contributed by atoms with van der Waals surface area (Å²) in [7, 11) is 1.52. The molecule has 1 amide bonds. The Morgan fingerprint density at radius 2 is 1.94 bits per heavy atom. The molecule has 5 rings (SSSR count). The van der Waals surface area contributed by atoms with E-state index in [9.17, 15) is 14.7 Å². The van der Waals surface area contributed by atoms with E-state index in [1.165, 1.54) is 18.3 Å². The van der Waals surface area contributed by atoms with Crippen LogP contribution in [0.3, 0.4) is 0 Å². The molecule has 0 radical (unpaired) electrons. The van der Waals surface area contributed by atoms with Crippen LogP contribution in [0.15, 0.2) is 69.3 Å². The van der Waals surface area contributed by atoms with Gasteiger partial charge in [0.05, 0.1) is 23.4 Å². The number of fused-ring (bicyclic) bond motifs is 1. The molecule has 2 aliphatic rings. The molecule has 0 bridgehead atoms. The van der Waals surface area contributed by atoms with Gasteiger partial charge in [0.15, 0.2) is 11.5 Å². The number of ether oxygens (including phenoxy) is 3. The minimum absolute atomic E-state index is 0.0750. The quantitative estimate of drug-likeness (QED) is 0.323. The molecule has 1 atom stereocenters. The minimum Gasteiger partial charge on any atom is -0.507 e. The molecule has 1 aromatic heterocycles. The Labute approximate surface area is 190 Å². The third-order valence-electron chi connectivity index (χ3n) is 5.32. The first-order valence-electron chi connectivity index (χ1n) is 9.57. The fourth-order valence-electron chi connectivity index (χ4n) is 3.82. The molecule has 32 heavy (non-hydrogen) atoms. The maximum absolute atomic E-state index is 13.1. The number of aliphatic hydroxyl groups excluding tert-OH is 1. The van der Waals surface area contributed by atoms with E-state index in [0.29, 0.717) is 38.7 Å². The lowest BCUT2D eigenvalue weighted by molar-refractivity contribution is -0.132. The molecule has 8 nitrogen and oxygen atoms in total. The number of anilines is 1. The Morgan fingerprint density at radius 1 is 1.12 bits per heavy atom. The lowest BCUT2D eigenvalue weighted by Crippen LogP contribution is -2.29. The summed E-state index contributed by atoms with van der Waals surface area (Å²) < 4.78 is 22.1. The monoisotopic (exact) mass is 497 g/mol. The van der Waals surface area contributed by atoms with Crippen molar-refractivity contribution in [2.24, 2.45) is 0 Å². The van der Waals surface area contributed by atoms with Gasteiger partial charge in [-0.3, -0.25) is 14.5 Å². The van der Waals surface area contributed by atoms with Crippen LogP contribution in [0.2, 0.25) is 0 Å². The number of Topliss-reactive ketones (excluding diaryl/α,β-unsaturated/α-hetero) is 1. The van der Waals surface area contributed by atoms with Gasteiger partial charge >= 0.3 is 0 Å². The number of methoxy groups -OCH3 is 1. The summed E-state index contributed by atoms with van der Waals surface area (Å²) in [5.74, 6) is -0.0465. The van der Waals surface area contributed by atoms with Crippen LogP contribution in [0, 0.1) is 0 Å². The molecular weight excluding hydrogens is 482 g/mol. The number of hydrogen-bond donors (Lipinski definition) is 1. The molecule has 1 N–H and O–H groups in total. The van der Waals surface area contributed by atoms with Crippen molar-refractivity contribution in [3.63, 3.8) is 0 Å². The number of carbonyl (C=O) groups excluding carboxylic acids is 2. The number of amides is 1. The summed E-state index contributed by atoms with van der Waals surface area (Å²) in [6.07, 6.45) is 1.44. The van der Waals surface area contributed by atoms with Crippen LogP contribution in [0.5, 0.6) is 17.2 Å². The predicted molar refractivity (Wildman–Crippen MR) is 117 cm³/mol. The molecule has 1 saturated heterocycles. The predicted octanol–water partition coefficient (Wildman–Crippen LogP) is 4.41. The number of halogens is 1. The van der Waals surface area contributed by atoms with Crippen molar-refractivity contribution in [1.82, 2.24) is 0 Å². The molecular formula is C23H16BrNO7. The normalized spacial score (nSPS) is 18.9. The van der Waals surface area contributed by atoms with Gasteiger partial charge in [0.1, 0.15) is 23.3 Å². The van der Waals surface area contributed by atoms with Gasteiger partial charge in [-0.2, -0.15) is 0 Å². The highest BCUT2D eigenvalue weighted by molar-refractivity contribution is 9.10. The number of rotatable bonds is 4. The zero-order valence-corrected chi connectivity index (χ0v) is 18.3. The summed E-state index contributed by atoms with van der Waals surface area (Å²) in [5.41, 5.74) is 0.672. The van der Waals surface area contributed by atoms with Gasteiger partial charge in [-0.1, -0.05) is 0 Å². The number of furan rings is 1. The summed E-state index contributed by atoms with van der Waals surface area (Å²) >= 11 is 3.38. The van der Waals surface area contributed by atoms with Crippen molar-refractivity contribution in [3.8, 4) is 17.2 Å². The van der Waals surface area contributed by atoms with E-state index in [-0.39, 0.29) is 18.1 Å². The van der Waals surface area contributed by atoms with E-state index < -0.39 is 17.7 Å². The second kappa shape index (κ2) is 7.76. The maximum atomic E-state index is 13.1. The summed E-state index contributed by atoms with van der Waals surface area (Å²) in [6.45, 7) is 0.0750. The van der Waals surface area contributed by atoms with E-state index in [4.69, 9.17) is 18.6 Å². The molecule has 3 heterocycles. The van der Waals surface area contributed by atoms with Gasteiger partial charge < -0.3 is 23.7 Å². The highest BCUT2D eigenvalue weighted by Gasteiger charge is 2.48. The summed E-state index contributed by atoms with van der Waals surface area (Å²) in [6, 6.07) is 12.1. The standard InChI is InChI=1S/C23H16BrNO7/c1-29-15-6-4-12(9-14(15)24)21(26)19-20(17-3-2-8-30-17)25(23(28)22(19)27)13-5-7-16-18(10-13)32-11-31-16/h2-10,20,26H,11H2,1H3/b21-19-. The summed E-state index contributed by atoms with van der Waals surface area (Å²) in [5, 5.41) is 11.1. The van der Waals surface area contributed by atoms with E-state index in [0.717, 1.165) is 0 Å². The first-order chi connectivity index (χ1) is 15.5. The second-order valence-corrected chi connectivity index (χ2v) is 7.93. The van der Waals surface area contributed by atoms with Crippen LogP contribution in [0.25, 0.3) is 5.76 Å². The number of hydrogen-bond acceptors (Lipinski definition) is 7. The minimum atomic E-state index is -0.966. The van der Waals surface area contributed by atoms with Gasteiger partial charge in [0.2, 0.25) is 6.79 Å². The van der Waals surface area contributed by atoms with Crippen molar-refractivity contribution >= 4 is 39.1 Å². The van der Waals surface area contributed by atoms with Gasteiger partial charge in [0.25, 0.3) is 11.7 Å². The Bertz CT molecular complexity index is 1270. The fraction of sp³-hybridized carbons (Fsp3) is 0.130. The third-order valence-corrected chi connectivity index (χ3v) is 5.94. The molecule has 0 aliphatic carbocycles. The van der Waals surface area contributed by atoms with Crippen molar-refractivity contribution in [2.75, 3.05) is 18.8 Å². The van der Waals surface area contributed by atoms with Gasteiger partial charge in [0, 0.05) is 17.3 Å². The Morgan fingerprint density at radius 3 is 2.66 bits per heavy atom. The molecule has 1 unspecified atom stereocenters. The molecule has 3 aromatic rings. The first kappa shape index (κ1) is 20.2. The lowest BCUT2D eigenvalue weighted by atomic mass is 9.99. The number of ketones is 1. The van der Waals surface area contributed by atoms with Crippen molar-refractivity contribution in [2.45, 2.75) is 6.04 Å². The van der Waals surface area contributed by atoms with Crippen molar-refractivity contribution in [3.05, 3.63) is 76.2 Å². The van der Waals surface area contributed by atoms with Gasteiger partial charge in [-0.05, 0) is 58.4 Å². The van der Waals surface area contributed by atoms with Crippen LogP contribution in [0.4, 0.5) is 5.69 Å². The molecule has 0 saturated carbocycles. The number of nitrogens with zero attached hydrogens (tertiary/aromatic N) is 1. The van der Waals surface area contributed by atoms with Gasteiger partial charge in [-0.15, -0.1) is 0 Å². The highest BCUT2D eigenvalue weighted by atomic mass is 79.9. The molecule has 1 fully saturated rings. The van der Waals surface area contributed by atoms with Crippen LogP contribution >= 0.6 is 15.9 Å². The molecule has 0 spiro atoms. The van der Waals surface area contributed by atoms with E-state index >= 15 is 0 Å². The number of carbonyl (C=O) groups is 2. The molecule has 2 aromatic carbocycles. The third kappa shape index (κ3) is 3.13. The largest absolute Gasteiger partial charge is 0.507 e. The highest BCUT2D eigenvalue weighted by Crippen LogP contribution is 2.45. The fourth-order valence-corrected chi connectivity index (χ4v) is 4.36. The first-order valence-corrected chi connectivity index (χ1v) is 10.4. The molecule has 9 heteroatoms. The van der Waals surface area contributed by atoms with Crippen LogP contribution in [-0.4, -0.2) is 30.7 Å². The Balaban J connectivity index is 1.67. The zero-order chi connectivity index (χ0) is 22.4. The number of aliphatic hydroxyl groups is 1.